The number of aryl methyl sites for hydroxylation is 1. The van der Waals surface area contributed by atoms with Gasteiger partial charge >= 0.3 is 5.97 Å². The van der Waals surface area contributed by atoms with Crippen LogP contribution in [0, 0.1) is 6.92 Å². The lowest BCUT2D eigenvalue weighted by Crippen LogP contribution is -2.06. The minimum Gasteiger partial charge on any atom is -0.496 e. The molecule has 0 aliphatic carbocycles. The Bertz CT molecular complexity index is 1040. The van der Waals surface area contributed by atoms with Crippen molar-refractivity contribution in [2.24, 2.45) is 0 Å². The summed E-state index contributed by atoms with van der Waals surface area (Å²) in [5.74, 6) is 1.60. The molecule has 29 heavy (non-hydrogen) atoms. The molecule has 0 N–H and O–H groups in total. The Hall–Kier alpha value is -2.32. The second-order valence-electron chi connectivity index (χ2n) is 6.33. The number of carbonyl (C=O) groups excluding carboxylic acids is 1. The van der Waals surface area contributed by atoms with Crippen molar-refractivity contribution in [3.05, 3.63) is 57.6 Å². The van der Waals surface area contributed by atoms with Gasteiger partial charge in [-0.15, -0.1) is 10.2 Å². The molecule has 0 unspecified atom stereocenters. The van der Waals surface area contributed by atoms with Gasteiger partial charge in [-0.1, -0.05) is 45.9 Å². The van der Waals surface area contributed by atoms with E-state index in [2.05, 4.69) is 37.6 Å². The summed E-state index contributed by atoms with van der Waals surface area (Å²) in [6, 6.07) is 11.8. The van der Waals surface area contributed by atoms with Gasteiger partial charge in [0.2, 0.25) is 0 Å². The van der Waals surface area contributed by atoms with E-state index in [1.165, 1.54) is 7.11 Å². The van der Waals surface area contributed by atoms with E-state index in [4.69, 9.17) is 9.47 Å². The third kappa shape index (κ3) is 4.64. The number of esters is 1. The quantitative estimate of drug-likeness (QED) is 0.348. The smallest absolute Gasteiger partial charge is 0.341 e. The number of carbonyl (C=O) groups is 1. The zero-order valence-corrected chi connectivity index (χ0v) is 19.1. The van der Waals surface area contributed by atoms with Crippen LogP contribution in [0.25, 0.3) is 11.4 Å². The van der Waals surface area contributed by atoms with Gasteiger partial charge in [-0.25, -0.2) is 4.79 Å². The maximum atomic E-state index is 12.1. The highest BCUT2D eigenvalue weighted by atomic mass is 79.9. The highest BCUT2D eigenvalue weighted by Crippen LogP contribution is 2.31. The molecule has 6 nitrogen and oxygen atoms in total. The Labute approximate surface area is 182 Å². The van der Waals surface area contributed by atoms with E-state index in [1.54, 1.807) is 18.9 Å². The fourth-order valence-corrected chi connectivity index (χ4v) is 4.47. The van der Waals surface area contributed by atoms with Gasteiger partial charge in [0.1, 0.15) is 11.3 Å². The minimum absolute atomic E-state index is 0.412. The van der Waals surface area contributed by atoms with E-state index in [0.29, 0.717) is 17.1 Å². The lowest BCUT2D eigenvalue weighted by atomic mass is 10.1. The third-order valence-corrected chi connectivity index (χ3v) is 5.96. The van der Waals surface area contributed by atoms with Crippen molar-refractivity contribution in [1.29, 1.82) is 0 Å². The van der Waals surface area contributed by atoms with Crippen LogP contribution in [0.1, 0.15) is 28.4 Å². The monoisotopic (exact) mass is 475 g/mol. The predicted molar refractivity (Wildman–Crippen MR) is 117 cm³/mol. The molecular weight excluding hydrogens is 454 g/mol. The summed E-state index contributed by atoms with van der Waals surface area (Å²) in [6.07, 6.45) is 0. The molecule has 0 radical (unpaired) electrons. The van der Waals surface area contributed by atoms with Gasteiger partial charge in [-0.05, 0) is 43.2 Å². The average Bonchev–Trinajstić information content (AvgIpc) is 3.14. The molecule has 0 aliphatic heterocycles. The fourth-order valence-electron chi connectivity index (χ4n) is 3.13. The summed E-state index contributed by atoms with van der Waals surface area (Å²) in [6.45, 7) is 4.74. The number of methoxy groups -OCH3 is 2. The summed E-state index contributed by atoms with van der Waals surface area (Å²) in [5, 5.41) is 9.60. The highest BCUT2D eigenvalue weighted by molar-refractivity contribution is 9.10. The maximum absolute atomic E-state index is 12.1. The van der Waals surface area contributed by atoms with Crippen LogP contribution in [0.3, 0.4) is 0 Å². The van der Waals surface area contributed by atoms with Gasteiger partial charge in [0, 0.05) is 22.3 Å². The molecule has 0 atom stereocenters. The van der Waals surface area contributed by atoms with Crippen molar-refractivity contribution < 1.29 is 14.3 Å². The predicted octanol–water partition coefficient (Wildman–Crippen LogP) is 5.12. The van der Waals surface area contributed by atoms with E-state index in [0.717, 1.165) is 38.7 Å². The molecule has 2 aromatic carbocycles. The van der Waals surface area contributed by atoms with Crippen LogP contribution >= 0.6 is 27.7 Å². The van der Waals surface area contributed by atoms with Crippen LogP contribution in [0.5, 0.6) is 5.75 Å². The molecule has 1 heterocycles. The van der Waals surface area contributed by atoms with Crippen molar-refractivity contribution in [3.8, 4) is 17.1 Å². The van der Waals surface area contributed by atoms with Gasteiger partial charge in [0.25, 0.3) is 0 Å². The Morgan fingerprint density at radius 2 is 2.00 bits per heavy atom. The van der Waals surface area contributed by atoms with Crippen LogP contribution < -0.4 is 4.74 Å². The fraction of sp³-hybridized carbons (Fsp3) is 0.286. The maximum Gasteiger partial charge on any atom is 0.341 e. The molecular formula is C21H22BrN3O3S. The summed E-state index contributed by atoms with van der Waals surface area (Å²) < 4.78 is 13.4. The zero-order valence-electron chi connectivity index (χ0n) is 16.7. The summed E-state index contributed by atoms with van der Waals surface area (Å²) in [5.41, 5.74) is 3.31. The number of hydrogen-bond acceptors (Lipinski definition) is 6. The molecule has 3 aromatic rings. The molecule has 8 heteroatoms. The molecule has 152 valence electrons. The first-order valence-corrected chi connectivity index (χ1v) is 10.8. The van der Waals surface area contributed by atoms with Crippen LogP contribution in [0.2, 0.25) is 0 Å². The summed E-state index contributed by atoms with van der Waals surface area (Å²) in [4.78, 5) is 12.1. The Morgan fingerprint density at radius 1 is 1.21 bits per heavy atom. The van der Waals surface area contributed by atoms with Crippen LogP contribution in [0.4, 0.5) is 0 Å². The molecule has 0 saturated heterocycles. The van der Waals surface area contributed by atoms with E-state index in [1.807, 2.05) is 43.3 Å². The van der Waals surface area contributed by atoms with Gasteiger partial charge < -0.3 is 14.0 Å². The second kappa shape index (κ2) is 9.45. The zero-order chi connectivity index (χ0) is 21.0. The first kappa shape index (κ1) is 21.4. The number of halogens is 1. The summed E-state index contributed by atoms with van der Waals surface area (Å²) in [7, 11) is 2.92. The van der Waals surface area contributed by atoms with Gasteiger partial charge in [0.05, 0.1) is 14.2 Å². The molecule has 0 fully saturated rings. The van der Waals surface area contributed by atoms with Crippen LogP contribution in [-0.4, -0.2) is 35.0 Å². The number of ether oxygens (including phenoxy) is 2. The standard InChI is InChI=1S/C21H22BrN3O3S/c1-5-25-19(15-7-6-8-16(22)11-15)23-24-21(25)29-12-14-9-13(2)18(27-3)17(10-14)20(26)28-4/h6-11H,5,12H2,1-4H3. The van der Waals surface area contributed by atoms with Crippen LogP contribution in [0.15, 0.2) is 46.0 Å². The second-order valence-corrected chi connectivity index (χ2v) is 8.19. The lowest BCUT2D eigenvalue weighted by molar-refractivity contribution is 0.0597. The number of benzene rings is 2. The number of aromatic nitrogens is 3. The Balaban J connectivity index is 1.87. The average molecular weight is 476 g/mol. The molecule has 3 rings (SSSR count). The van der Waals surface area contributed by atoms with E-state index >= 15 is 0 Å². The van der Waals surface area contributed by atoms with E-state index in [-0.39, 0.29) is 0 Å². The first-order chi connectivity index (χ1) is 14.0. The minimum atomic E-state index is -0.412. The van der Waals surface area contributed by atoms with Crippen molar-refractivity contribution in [3.63, 3.8) is 0 Å². The number of thioether (sulfide) groups is 1. The molecule has 0 spiro atoms. The number of rotatable bonds is 7. The Morgan fingerprint density at radius 3 is 2.66 bits per heavy atom. The molecule has 1 aromatic heterocycles. The Kier molecular flexibility index (Phi) is 6.97. The SMILES string of the molecule is CCn1c(SCc2cc(C)c(OC)c(C(=O)OC)c2)nnc1-c1cccc(Br)c1. The topological polar surface area (TPSA) is 66.2 Å². The normalized spacial score (nSPS) is 10.8. The lowest BCUT2D eigenvalue weighted by Gasteiger charge is -2.13. The number of hydrogen-bond donors (Lipinski definition) is 0. The largest absolute Gasteiger partial charge is 0.496 e. The first-order valence-electron chi connectivity index (χ1n) is 9.06. The third-order valence-electron chi connectivity index (χ3n) is 4.43. The van der Waals surface area contributed by atoms with Gasteiger partial charge in [-0.3, -0.25) is 0 Å². The van der Waals surface area contributed by atoms with E-state index < -0.39 is 5.97 Å². The van der Waals surface area contributed by atoms with Gasteiger partial charge in [-0.2, -0.15) is 0 Å². The molecule has 0 saturated carbocycles. The van der Waals surface area contributed by atoms with Crippen molar-refractivity contribution in [2.45, 2.75) is 31.3 Å². The summed E-state index contributed by atoms with van der Waals surface area (Å²) >= 11 is 5.09. The molecule has 0 aliphatic rings. The number of nitrogens with zero attached hydrogens (tertiary/aromatic N) is 3. The molecule has 0 bridgehead atoms. The van der Waals surface area contributed by atoms with Crippen molar-refractivity contribution in [2.75, 3.05) is 14.2 Å². The van der Waals surface area contributed by atoms with E-state index in [9.17, 15) is 4.79 Å². The van der Waals surface area contributed by atoms with Crippen molar-refractivity contribution >= 4 is 33.7 Å². The van der Waals surface area contributed by atoms with Crippen LogP contribution in [-0.2, 0) is 17.0 Å². The van der Waals surface area contributed by atoms with Crippen molar-refractivity contribution in [1.82, 2.24) is 14.8 Å². The molecule has 0 amide bonds. The van der Waals surface area contributed by atoms with Gasteiger partial charge in [0.15, 0.2) is 11.0 Å². The highest BCUT2D eigenvalue weighted by Gasteiger charge is 2.18.